The topological polar surface area (TPSA) is 43.9 Å². The van der Waals surface area contributed by atoms with Gasteiger partial charge in [0.05, 0.1) is 5.69 Å². The van der Waals surface area contributed by atoms with Crippen molar-refractivity contribution in [2.45, 2.75) is 64.8 Å². The molecule has 0 bridgehead atoms. The molecule has 1 heterocycles. The second-order valence-corrected chi connectivity index (χ2v) is 8.97. The Morgan fingerprint density at radius 1 is 0.935 bits per heavy atom. The molecule has 1 fully saturated rings. The Bertz CT molecular complexity index is 780. The van der Waals surface area contributed by atoms with E-state index >= 15 is 0 Å². The fourth-order valence-corrected chi connectivity index (χ4v) is 4.76. The van der Waals surface area contributed by atoms with Crippen molar-refractivity contribution in [2.75, 3.05) is 38.1 Å². The van der Waals surface area contributed by atoms with E-state index in [4.69, 9.17) is 0 Å². The highest BCUT2D eigenvalue weighted by Crippen LogP contribution is 2.30. The summed E-state index contributed by atoms with van der Waals surface area (Å²) in [5, 5.41) is 0. The summed E-state index contributed by atoms with van der Waals surface area (Å²) < 4.78 is 28.4. The highest BCUT2D eigenvalue weighted by molar-refractivity contribution is 5.94. The van der Waals surface area contributed by atoms with Crippen LogP contribution in [0.25, 0.3) is 0 Å². The zero-order valence-corrected chi connectivity index (χ0v) is 18.8. The minimum Gasteiger partial charge on any atom is -0.338 e. The first kappa shape index (κ1) is 23.6. The van der Waals surface area contributed by atoms with Gasteiger partial charge in [0.25, 0.3) is 0 Å². The van der Waals surface area contributed by atoms with Crippen LogP contribution in [-0.4, -0.2) is 54.8 Å². The van der Waals surface area contributed by atoms with E-state index in [2.05, 4.69) is 4.90 Å². The molecular formula is C24H35F2N3O2. The lowest BCUT2D eigenvalue weighted by Crippen LogP contribution is -2.38. The molecule has 2 amide bonds. The molecule has 0 unspecified atom stereocenters. The van der Waals surface area contributed by atoms with Crippen LogP contribution in [-0.2, 0) is 16.1 Å². The Balaban J connectivity index is 1.94. The summed E-state index contributed by atoms with van der Waals surface area (Å²) >= 11 is 0. The molecule has 1 aliphatic heterocycles. The van der Waals surface area contributed by atoms with Crippen LogP contribution >= 0.6 is 0 Å². The van der Waals surface area contributed by atoms with Crippen molar-refractivity contribution in [3.05, 3.63) is 29.3 Å². The lowest BCUT2D eigenvalue weighted by molar-refractivity contribution is -0.133. The van der Waals surface area contributed by atoms with Crippen molar-refractivity contribution in [1.82, 2.24) is 9.80 Å². The van der Waals surface area contributed by atoms with Crippen molar-refractivity contribution in [2.24, 2.45) is 5.92 Å². The molecule has 0 N–H and O–H groups in total. The standard InChI is InChI=1S/C24H35F2N3O2/c1-3-23(30)29-13-7-11-27(2)10-6-12-28(24(31)14-18-8-4-5-9-18)17-19-15-20(25)21(26)16-22(19)29/h15-16,18H,3-14,17H2,1-2H3. The lowest BCUT2D eigenvalue weighted by Gasteiger charge is -2.31. The van der Waals surface area contributed by atoms with Gasteiger partial charge in [0, 0.05) is 38.5 Å². The number of hydrogen-bond acceptors (Lipinski definition) is 3. The minimum atomic E-state index is -0.972. The molecule has 1 aromatic rings. The number of amides is 2. The predicted octanol–water partition coefficient (Wildman–Crippen LogP) is 4.34. The smallest absolute Gasteiger partial charge is 0.226 e. The fraction of sp³-hybridized carbons (Fsp3) is 0.667. The Morgan fingerprint density at radius 3 is 2.26 bits per heavy atom. The van der Waals surface area contributed by atoms with Gasteiger partial charge in [0.15, 0.2) is 11.6 Å². The Kier molecular flexibility index (Phi) is 8.41. The van der Waals surface area contributed by atoms with Crippen molar-refractivity contribution in [3.63, 3.8) is 0 Å². The third-order valence-corrected chi connectivity index (χ3v) is 6.56. The van der Waals surface area contributed by atoms with Crippen molar-refractivity contribution < 1.29 is 18.4 Å². The van der Waals surface area contributed by atoms with E-state index in [1.165, 1.54) is 12.8 Å². The SMILES string of the molecule is CCC(=O)N1CCCN(C)CCCN(C(=O)CC2CCCC2)Cc2cc(F)c(F)cc21. The fourth-order valence-electron chi connectivity index (χ4n) is 4.76. The van der Waals surface area contributed by atoms with Crippen LogP contribution in [0.2, 0.25) is 0 Å². The van der Waals surface area contributed by atoms with Crippen LogP contribution in [0.5, 0.6) is 0 Å². The maximum absolute atomic E-state index is 14.2. The first-order chi connectivity index (χ1) is 14.9. The van der Waals surface area contributed by atoms with Crippen LogP contribution in [0.1, 0.15) is 63.9 Å². The lowest BCUT2D eigenvalue weighted by atomic mass is 10.0. The summed E-state index contributed by atoms with van der Waals surface area (Å²) in [6.07, 6.45) is 6.85. The van der Waals surface area contributed by atoms with Crippen molar-refractivity contribution in [1.29, 1.82) is 0 Å². The van der Waals surface area contributed by atoms with Gasteiger partial charge in [0.2, 0.25) is 11.8 Å². The van der Waals surface area contributed by atoms with Gasteiger partial charge in [-0.1, -0.05) is 19.8 Å². The van der Waals surface area contributed by atoms with Gasteiger partial charge in [-0.2, -0.15) is 0 Å². The Hall–Kier alpha value is -2.02. The molecule has 3 rings (SSSR count). The van der Waals surface area contributed by atoms with Gasteiger partial charge in [-0.25, -0.2) is 8.78 Å². The third-order valence-electron chi connectivity index (χ3n) is 6.56. The average Bonchev–Trinajstić information content (AvgIpc) is 3.24. The highest BCUT2D eigenvalue weighted by atomic mass is 19.2. The first-order valence-corrected chi connectivity index (χ1v) is 11.6. The number of nitrogens with zero attached hydrogens (tertiary/aromatic N) is 3. The minimum absolute atomic E-state index is 0.0654. The van der Waals surface area contributed by atoms with E-state index < -0.39 is 11.6 Å². The summed E-state index contributed by atoms with van der Waals surface area (Å²) in [5.74, 6) is -1.57. The number of hydrogen-bond donors (Lipinski definition) is 0. The molecule has 0 radical (unpaired) electrons. The molecular weight excluding hydrogens is 400 g/mol. The number of carbonyl (C=O) groups is 2. The Labute approximate surface area is 184 Å². The molecule has 172 valence electrons. The predicted molar refractivity (Wildman–Crippen MR) is 118 cm³/mol. The van der Waals surface area contributed by atoms with Gasteiger partial charge in [-0.15, -0.1) is 0 Å². The molecule has 0 aromatic heterocycles. The normalized spacial score (nSPS) is 19.6. The molecule has 7 heteroatoms. The van der Waals surface area contributed by atoms with E-state index in [9.17, 15) is 18.4 Å². The molecule has 31 heavy (non-hydrogen) atoms. The van der Waals surface area contributed by atoms with E-state index in [0.717, 1.165) is 50.9 Å². The van der Waals surface area contributed by atoms with Gasteiger partial charge < -0.3 is 14.7 Å². The average molecular weight is 436 g/mol. The molecule has 1 aliphatic carbocycles. The summed E-state index contributed by atoms with van der Waals surface area (Å²) in [6.45, 7) is 4.60. The number of anilines is 1. The number of fused-ring (bicyclic) bond motifs is 1. The summed E-state index contributed by atoms with van der Waals surface area (Å²) in [7, 11) is 2.03. The molecule has 1 aromatic carbocycles. The second-order valence-electron chi connectivity index (χ2n) is 8.97. The van der Waals surface area contributed by atoms with Crippen LogP contribution in [0.4, 0.5) is 14.5 Å². The van der Waals surface area contributed by atoms with Crippen LogP contribution in [0.3, 0.4) is 0 Å². The molecule has 2 aliphatic rings. The van der Waals surface area contributed by atoms with Gasteiger partial charge >= 0.3 is 0 Å². The zero-order chi connectivity index (χ0) is 22.4. The van der Waals surface area contributed by atoms with Crippen LogP contribution in [0, 0.1) is 17.6 Å². The summed E-state index contributed by atoms with van der Waals surface area (Å²) in [6, 6.07) is 2.28. The monoisotopic (exact) mass is 435 g/mol. The number of carbonyl (C=O) groups excluding carboxylic acids is 2. The first-order valence-electron chi connectivity index (χ1n) is 11.6. The largest absolute Gasteiger partial charge is 0.338 e. The maximum atomic E-state index is 14.2. The Morgan fingerprint density at radius 2 is 1.58 bits per heavy atom. The zero-order valence-electron chi connectivity index (χ0n) is 18.8. The van der Waals surface area contributed by atoms with Gasteiger partial charge in [-0.05, 0) is 63.4 Å². The van der Waals surface area contributed by atoms with Gasteiger partial charge in [0.1, 0.15) is 0 Å². The van der Waals surface area contributed by atoms with E-state index in [1.54, 1.807) is 16.7 Å². The molecule has 5 nitrogen and oxygen atoms in total. The van der Waals surface area contributed by atoms with E-state index in [1.807, 2.05) is 7.05 Å². The maximum Gasteiger partial charge on any atom is 0.226 e. The van der Waals surface area contributed by atoms with Crippen LogP contribution in [0.15, 0.2) is 12.1 Å². The molecule has 1 saturated carbocycles. The summed E-state index contributed by atoms with van der Waals surface area (Å²) in [4.78, 5) is 31.4. The second kappa shape index (κ2) is 11.0. The van der Waals surface area contributed by atoms with Crippen molar-refractivity contribution >= 4 is 17.5 Å². The quantitative estimate of drug-likeness (QED) is 0.709. The number of benzene rings is 1. The van der Waals surface area contributed by atoms with E-state index in [0.29, 0.717) is 36.7 Å². The third kappa shape index (κ3) is 6.25. The van der Waals surface area contributed by atoms with Crippen molar-refractivity contribution in [3.8, 4) is 0 Å². The summed E-state index contributed by atoms with van der Waals surface area (Å²) in [5.41, 5.74) is 0.877. The number of rotatable bonds is 3. The highest BCUT2D eigenvalue weighted by Gasteiger charge is 2.26. The molecule has 0 saturated heterocycles. The molecule has 0 atom stereocenters. The number of halogens is 2. The molecule has 0 spiro atoms. The van der Waals surface area contributed by atoms with Crippen LogP contribution < -0.4 is 4.90 Å². The van der Waals surface area contributed by atoms with E-state index in [-0.39, 0.29) is 24.8 Å². The van der Waals surface area contributed by atoms with Gasteiger partial charge in [-0.3, -0.25) is 9.59 Å².